The van der Waals surface area contributed by atoms with Gasteiger partial charge in [-0.25, -0.2) is 9.38 Å². The van der Waals surface area contributed by atoms with Crippen LogP contribution in [0.25, 0.3) is 0 Å². The zero-order chi connectivity index (χ0) is 19.6. The summed E-state index contributed by atoms with van der Waals surface area (Å²) in [6.07, 6.45) is 2.27. The third-order valence-corrected chi connectivity index (χ3v) is 4.06. The first kappa shape index (κ1) is 23.9. The fourth-order valence-electron chi connectivity index (χ4n) is 2.28. The minimum absolute atomic E-state index is 0. The standard InChI is InChI=1S/C19H27FN6O.HI/c1-5-11-21-19(23-13-18-25-24-14(3)26(18)4)22-12-15(6-2)27-17-10-8-7-9-16(17)20;/h5,7-10,15H,1,6,11-13H2,2-4H3,(H2,21,22,23);1H. The molecule has 1 atom stereocenters. The number of aliphatic imine (C=N–C) groups is 1. The minimum atomic E-state index is -0.368. The summed E-state index contributed by atoms with van der Waals surface area (Å²) in [4.78, 5) is 4.53. The van der Waals surface area contributed by atoms with Gasteiger partial charge in [-0.1, -0.05) is 25.1 Å². The number of hydrogen-bond donors (Lipinski definition) is 2. The lowest BCUT2D eigenvalue weighted by Gasteiger charge is -2.20. The Balaban J connectivity index is 0.00000392. The van der Waals surface area contributed by atoms with Crippen LogP contribution in [0.15, 0.2) is 41.9 Å². The summed E-state index contributed by atoms with van der Waals surface area (Å²) < 4.78 is 21.5. The molecule has 2 N–H and O–H groups in total. The van der Waals surface area contributed by atoms with Gasteiger partial charge in [0.1, 0.15) is 18.5 Å². The van der Waals surface area contributed by atoms with Gasteiger partial charge in [-0.3, -0.25) is 0 Å². The highest BCUT2D eigenvalue weighted by Crippen LogP contribution is 2.17. The number of nitrogens with one attached hydrogen (secondary N) is 2. The monoisotopic (exact) mass is 502 g/mol. The van der Waals surface area contributed by atoms with Crippen LogP contribution in [0.2, 0.25) is 0 Å². The van der Waals surface area contributed by atoms with Crippen LogP contribution >= 0.6 is 24.0 Å². The van der Waals surface area contributed by atoms with Crippen molar-refractivity contribution in [2.24, 2.45) is 12.0 Å². The van der Waals surface area contributed by atoms with Crippen molar-refractivity contribution in [3.05, 3.63) is 54.4 Å². The number of benzene rings is 1. The Hall–Kier alpha value is -2.17. The van der Waals surface area contributed by atoms with Gasteiger partial charge >= 0.3 is 0 Å². The summed E-state index contributed by atoms with van der Waals surface area (Å²) >= 11 is 0. The Morgan fingerprint density at radius 1 is 1.36 bits per heavy atom. The fraction of sp³-hybridized carbons (Fsp3) is 0.421. The van der Waals surface area contributed by atoms with Crippen LogP contribution in [0.3, 0.4) is 0 Å². The summed E-state index contributed by atoms with van der Waals surface area (Å²) in [5, 5.41) is 14.5. The lowest BCUT2D eigenvalue weighted by Crippen LogP contribution is -2.42. The van der Waals surface area contributed by atoms with Crippen LogP contribution < -0.4 is 15.4 Å². The van der Waals surface area contributed by atoms with Gasteiger partial charge in [-0.15, -0.1) is 40.8 Å². The van der Waals surface area contributed by atoms with Gasteiger partial charge in [-0.05, 0) is 25.5 Å². The number of rotatable bonds is 9. The molecule has 154 valence electrons. The second kappa shape index (κ2) is 12.3. The zero-order valence-corrected chi connectivity index (χ0v) is 18.8. The summed E-state index contributed by atoms with van der Waals surface area (Å²) in [7, 11) is 1.90. The Morgan fingerprint density at radius 2 is 2.11 bits per heavy atom. The van der Waals surface area contributed by atoms with Gasteiger partial charge < -0.3 is 19.9 Å². The van der Waals surface area contributed by atoms with E-state index >= 15 is 0 Å². The fourth-order valence-corrected chi connectivity index (χ4v) is 2.28. The topological polar surface area (TPSA) is 76.4 Å². The molecule has 0 bridgehead atoms. The lowest BCUT2D eigenvalue weighted by atomic mass is 10.2. The van der Waals surface area contributed by atoms with E-state index in [1.807, 2.05) is 25.5 Å². The Kier molecular flexibility index (Phi) is 10.5. The SMILES string of the molecule is C=CCNC(=NCc1nnc(C)n1C)NCC(CC)Oc1ccccc1F.I. The molecule has 0 aliphatic carbocycles. The number of aromatic nitrogens is 3. The van der Waals surface area contributed by atoms with Crippen molar-refractivity contribution in [3.63, 3.8) is 0 Å². The van der Waals surface area contributed by atoms with Crippen molar-refractivity contribution in [1.82, 2.24) is 25.4 Å². The van der Waals surface area contributed by atoms with Crippen molar-refractivity contribution < 1.29 is 9.13 Å². The average molecular weight is 502 g/mol. The minimum Gasteiger partial charge on any atom is -0.486 e. The summed E-state index contributed by atoms with van der Waals surface area (Å²) in [5.74, 6) is 2.08. The largest absolute Gasteiger partial charge is 0.486 e. The summed E-state index contributed by atoms with van der Waals surface area (Å²) in [5.41, 5.74) is 0. The normalized spacial score (nSPS) is 12.1. The van der Waals surface area contributed by atoms with E-state index < -0.39 is 0 Å². The molecule has 7 nitrogen and oxygen atoms in total. The molecule has 0 radical (unpaired) electrons. The quantitative estimate of drug-likeness (QED) is 0.239. The molecule has 1 unspecified atom stereocenters. The molecule has 0 amide bonds. The van der Waals surface area contributed by atoms with Crippen LogP contribution in [0.1, 0.15) is 25.0 Å². The number of nitrogens with zero attached hydrogens (tertiary/aromatic N) is 4. The Morgan fingerprint density at radius 3 is 2.71 bits per heavy atom. The predicted octanol–water partition coefficient (Wildman–Crippen LogP) is 2.96. The lowest BCUT2D eigenvalue weighted by molar-refractivity contribution is 0.191. The smallest absolute Gasteiger partial charge is 0.192 e. The van der Waals surface area contributed by atoms with E-state index in [0.717, 1.165) is 18.1 Å². The van der Waals surface area contributed by atoms with Crippen molar-refractivity contribution >= 4 is 29.9 Å². The summed E-state index contributed by atoms with van der Waals surface area (Å²) in [6, 6.07) is 6.40. The van der Waals surface area contributed by atoms with E-state index in [1.54, 1.807) is 24.3 Å². The highest BCUT2D eigenvalue weighted by molar-refractivity contribution is 14.0. The first-order chi connectivity index (χ1) is 13.0. The molecule has 0 spiro atoms. The average Bonchev–Trinajstić information content (AvgIpc) is 2.99. The molecule has 9 heteroatoms. The molecule has 2 rings (SSSR count). The molecule has 0 aliphatic heterocycles. The highest BCUT2D eigenvalue weighted by Gasteiger charge is 2.12. The molecule has 0 aliphatic rings. The van der Waals surface area contributed by atoms with Crippen LogP contribution in [0.5, 0.6) is 5.75 Å². The van der Waals surface area contributed by atoms with E-state index in [9.17, 15) is 4.39 Å². The van der Waals surface area contributed by atoms with Crippen molar-refractivity contribution in [3.8, 4) is 5.75 Å². The molecule has 0 saturated heterocycles. The summed E-state index contributed by atoms with van der Waals surface area (Å²) in [6.45, 7) is 9.01. The maximum atomic E-state index is 13.8. The number of guanidine groups is 1. The van der Waals surface area contributed by atoms with Gasteiger partial charge in [-0.2, -0.15) is 0 Å². The first-order valence-electron chi connectivity index (χ1n) is 8.94. The first-order valence-corrected chi connectivity index (χ1v) is 8.94. The van der Waals surface area contributed by atoms with E-state index in [1.165, 1.54) is 6.07 Å². The molecule has 2 aromatic rings. The van der Waals surface area contributed by atoms with Crippen LogP contribution in [0, 0.1) is 12.7 Å². The zero-order valence-electron chi connectivity index (χ0n) is 16.5. The maximum absolute atomic E-state index is 13.8. The second-order valence-corrected chi connectivity index (χ2v) is 6.02. The molecule has 1 aromatic carbocycles. The molecule has 28 heavy (non-hydrogen) atoms. The van der Waals surface area contributed by atoms with Gasteiger partial charge in [0.25, 0.3) is 0 Å². The molecular formula is C19H28FIN6O. The van der Waals surface area contributed by atoms with Crippen molar-refractivity contribution in [1.29, 1.82) is 0 Å². The van der Waals surface area contributed by atoms with Gasteiger partial charge in [0.15, 0.2) is 23.4 Å². The highest BCUT2D eigenvalue weighted by atomic mass is 127. The van der Waals surface area contributed by atoms with Crippen LogP contribution in [0.4, 0.5) is 4.39 Å². The number of ether oxygens (including phenoxy) is 1. The van der Waals surface area contributed by atoms with E-state index in [4.69, 9.17) is 4.74 Å². The van der Waals surface area contributed by atoms with Gasteiger partial charge in [0.05, 0.1) is 6.54 Å². The van der Waals surface area contributed by atoms with Crippen LogP contribution in [-0.4, -0.2) is 39.9 Å². The molecule has 0 fully saturated rings. The second-order valence-electron chi connectivity index (χ2n) is 6.02. The van der Waals surface area contributed by atoms with E-state index in [0.29, 0.717) is 25.6 Å². The van der Waals surface area contributed by atoms with E-state index in [2.05, 4.69) is 32.4 Å². The predicted molar refractivity (Wildman–Crippen MR) is 120 cm³/mol. The molecule has 1 heterocycles. The number of hydrogen-bond acceptors (Lipinski definition) is 4. The molecular weight excluding hydrogens is 474 g/mol. The molecule has 0 saturated carbocycles. The van der Waals surface area contributed by atoms with Gasteiger partial charge in [0, 0.05) is 13.6 Å². The van der Waals surface area contributed by atoms with E-state index in [-0.39, 0.29) is 41.6 Å². The van der Waals surface area contributed by atoms with Crippen molar-refractivity contribution in [2.45, 2.75) is 32.9 Å². The third kappa shape index (κ3) is 7.10. The Labute approximate surface area is 182 Å². The maximum Gasteiger partial charge on any atom is 0.192 e. The number of para-hydroxylation sites is 1. The number of aryl methyl sites for hydroxylation is 1. The van der Waals surface area contributed by atoms with Crippen LogP contribution in [-0.2, 0) is 13.6 Å². The number of halogens is 2. The van der Waals surface area contributed by atoms with Crippen molar-refractivity contribution in [2.75, 3.05) is 13.1 Å². The van der Waals surface area contributed by atoms with Gasteiger partial charge in [0.2, 0.25) is 0 Å². The molecule has 1 aromatic heterocycles. The Bertz CT molecular complexity index is 780. The third-order valence-electron chi connectivity index (χ3n) is 4.06.